The maximum atomic E-state index is 13.9. The van der Waals surface area contributed by atoms with Crippen LogP contribution >= 0.6 is 0 Å². The summed E-state index contributed by atoms with van der Waals surface area (Å²) in [5.41, 5.74) is 0.411. The van der Waals surface area contributed by atoms with E-state index in [9.17, 15) is 18.4 Å². The molecule has 1 unspecified atom stereocenters. The van der Waals surface area contributed by atoms with Crippen LogP contribution in [-0.2, 0) is 16.1 Å². The molecular weight excluding hydrogens is 332 g/mol. The molecule has 3 rings (SSSR count). The van der Waals surface area contributed by atoms with Crippen molar-refractivity contribution in [2.45, 2.75) is 19.9 Å². The van der Waals surface area contributed by atoms with Crippen LogP contribution in [0.5, 0.6) is 0 Å². The molecular formula is C17H17F2N3O3. The number of anilines is 1. The van der Waals surface area contributed by atoms with E-state index in [0.29, 0.717) is 18.7 Å². The van der Waals surface area contributed by atoms with Gasteiger partial charge in [-0.05, 0) is 19.1 Å². The monoisotopic (exact) mass is 349 g/mol. The molecule has 0 spiro atoms. The van der Waals surface area contributed by atoms with E-state index < -0.39 is 17.6 Å². The summed E-state index contributed by atoms with van der Waals surface area (Å²) in [6.45, 7) is 2.70. The molecule has 1 aliphatic rings. The van der Waals surface area contributed by atoms with Crippen molar-refractivity contribution in [1.29, 1.82) is 0 Å². The number of rotatable bonds is 5. The Kier molecular flexibility index (Phi) is 4.78. The minimum Gasteiger partial charge on any atom is -0.462 e. The summed E-state index contributed by atoms with van der Waals surface area (Å²) in [6.07, 6.45) is 3.20. The molecule has 1 amide bonds. The molecule has 2 heterocycles. The minimum atomic E-state index is -0.766. The van der Waals surface area contributed by atoms with Crippen LogP contribution in [0.2, 0.25) is 0 Å². The zero-order chi connectivity index (χ0) is 18.0. The van der Waals surface area contributed by atoms with Crippen molar-refractivity contribution >= 4 is 17.6 Å². The fraction of sp³-hybridized carbons (Fsp3) is 0.353. The fourth-order valence-corrected chi connectivity index (χ4v) is 2.88. The molecule has 0 N–H and O–H groups in total. The standard InChI is InChI=1S/C17H17F2N3O3/c1-2-25-17(24)12-7-20-21(10-12)8-11-5-16(23)22(9-11)15-4-3-13(18)6-14(15)19/h3-4,6-7,10-11H,2,5,8-9H2,1H3. The topological polar surface area (TPSA) is 64.4 Å². The van der Waals surface area contributed by atoms with E-state index in [1.54, 1.807) is 17.8 Å². The van der Waals surface area contributed by atoms with Crippen molar-refractivity contribution in [3.8, 4) is 0 Å². The van der Waals surface area contributed by atoms with Crippen LogP contribution < -0.4 is 4.90 Å². The number of benzene rings is 1. The first-order chi connectivity index (χ1) is 12.0. The molecule has 0 radical (unpaired) electrons. The highest BCUT2D eigenvalue weighted by atomic mass is 19.1. The number of carbonyl (C=O) groups excluding carboxylic acids is 2. The van der Waals surface area contributed by atoms with Gasteiger partial charge in [0.1, 0.15) is 11.6 Å². The Morgan fingerprint density at radius 3 is 2.92 bits per heavy atom. The Morgan fingerprint density at radius 2 is 2.20 bits per heavy atom. The van der Waals surface area contributed by atoms with E-state index in [1.165, 1.54) is 17.2 Å². The van der Waals surface area contributed by atoms with E-state index in [0.717, 1.165) is 12.1 Å². The Labute approximate surface area is 143 Å². The molecule has 1 saturated heterocycles. The summed E-state index contributed by atoms with van der Waals surface area (Å²) < 4.78 is 33.4. The van der Waals surface area contributed by atoms with Gasteiger partial charge in [-0.15, -0.1) is 0 Å². The predicted octanol–water partition coefficient (Wildman–Crippen LogP) is 2.39. The van der Waals surface area contributed by atoms with Gasteiger partial charge in [0.05, 0.1) is 24.1 Å². The van der Waals surface area contributed by atoms with Crippen LogP contribution in [-0.4, -0.2) is 34.8 Å². The molecule has 6 nitrogen and oxygen atoms in total. The van der Waals surface area contributed by atoms with Crippen LogP contribution in [0.1, 0.15) is 23.7 Å². The Balaban J connectivity index is 1.68. The van der Waals surface area contributed by atoms with Gasteiger partial charge < -0.3 is 9.64 Å². The first-order valence-electron chi connectivity index (χ1n) is 7.93. The van der Waals surface area contributed by atoms with E-state index >= 15 is 0 Å². The maximum Gasteiger partial charge on any atom is 0.341 e. The van der Waals surface area contributed by atoms with Crippen LogP contribution in [0, 0.1) is 17.6 Å². The highest BCUT2D eigenvalue weighted by Crippen LogP contribution is 2.28. The summed E-state index contributed by atoms with van der Waals surface area (Å²) in [6, 6.07) is 3.14. The van der Waals surface area contributed by atoms with Crippen LogP contribution in [0.25, 0.3) is 0 Å². The number of hydrogen-bond donors (Lipinski definition) is 0. The summed E-state index contributed by atoms with van der Waals surface area (Å²) in [7, 11) is 0. The minimum absolute atomic E-state index is 0.0709. The Bertz CT molecular complexity index is 806. The SMILES string of the molecule is CCOC(=O)c1cnn(CC2CC(=O)N(c3ccc(F)cc3F)C2)c1. The smallest absolute Gasteiger partial charge is 0.341 e. The molecule has 8 heteroatoms. The number of hydrogen-bond acceptors (Lipinski definition) is 4. The molecule has 1 aromatic heterocycles. The fourth-order valence-electron chi connectivity index (χ4n) is 2.88. The second kappa shape index (κ2) is 7.00. The van der Waals surface area contributed by atoms with E-state index in [1.807, 2.05) is 0 Å². The highest BCUT2D eigenvalue weighted by Gasteiger charge is 2.32. The van der Waals surface area contributed by atoms with Crippen molar-refractivity contribution in [3.63, 3.8) is 0 Å². The molecule has 0 aliphatic carbocycles. The quantitative estimate of drug-likeness (QED) is 0.778. The van der Waals surface area contributed by atoms with Gasteiger partial charge in [0, 0.05) is 37.7 Å². The summed E-state index contributed by atoms with van der Waals surface area (Å²) in [4.78, 5) is 25.1. The van der Waals surface area contributed by atoms with Crippen LogP contribution in [0.4, 0.5) is 14.5 Å². The first-order valence-corrected chi connectivity index (χ1v) is 7.93. The molecule has 1 aromatic carbocycles. The number of halogens is 2. The maximum absolute atomic E-state index is 13.9. The second-order valence-corrected chi connectivity index (χ2v) is 5.84. The van der Waals surface area contributed by atoms with Crippen molar-refractivity contribution in [3.05, 3.63) is 47.8 Å². The number of nitrogens with zero attached hydrogens (tertiary/aromatic N) is 3. The van der Waals surface area contributed by atoms with E-state index in [-0.39, 0.29) is 30.5 Å². The number of esters is 1. The number of carbonyl (C=O) groups is 2. The van der Waals surface area contributed by atoms with Gasteiger partial charge in [-0.25, -0.2) is 13.6 Å². The first kappa shape index (κ1) is 17.1. The Morgan fingerprint density at radius 1 is 1.40 bits per heavy atom. The summed E-state index contributed by atoms with van der Waals surface area (Å²) in [5.74, 6) is -2.23. The third-order valence-corrected chi connectivity index (χ3v) is 4.00. The van der Waals surface area contributed by atoms with Gasteiger partial charge in [0.15, 0.2) is 0 Å². The molecule has 0 bridgehead atoms. The van der Waals surface area contributed by atoms with Crippen molar-refractivity contribution < 1.29 is 23.1 Å². The lowest BCUT2D eigenvalue weighted by atomic mass is 10.1. The Hall–Kier alpha value is -2.77. The lowest BCUT2D eigenvalue weighted by Gasteiger charge is -2.17. The largest absolute Gasteiger partial charge is 0.462 e. The van der Waals surface area contributed by atoms with Gasteiger partial charge in [-0.2, -0.15) is 5.10 Å². The lowest BCUT2D eigenvalue weighted by Crippen LogP contribution is -2.26. The van der Waals surface area contributed by atoms with Crippen molar-refractivity contribution in [2.75, 3.05) is 18.1 Å². The summed E-state index contributed by atoms with van der Waals surface area (Å²) in [5, 5.41) is 4.10. The second-order valence-electron chi connectivity index (χ2n) is 5.84. The van der Waals surface area contributed by atoms with Crippen LogP contribution in [0.15, 0.2) is 30.6 Å². The zero-order valence-corrected chi connectivity index (χ0v) is 13.6. The van der Waals surface area contributed by atoms with Gasteiger partial charge in [0.2, 0.25) is 5.91 Å². The normalized spacial score (nSPS) is 17.2. The van der Waals surface area contributed by atoms with E-state index in [2.05, 4.69) is 5.10 Å². The van der Waals surface area contributed by atoms with Gasteiger partial charge in [-0.3, -0.25) is 9.48 Å². The van der Waals surface area contributed by atoms with Gasteiger partial charge in [-0.1, -0.05) is 0 Å². The molecule has 1 fully saturated rings. The third kappa shape index (κ3) is 3.67. The summed E-state index contributed by atoms with van der Waals surface area (Å²) >= 11 is 0. The molecule has 0 saturated carbocycles. The van der Waals surface area contributed by atoms with Crippen molar-refractivity contribution in [2.24, 2.45) is 5.92 Å². The van der Waals surface area contributed by atoms with E-state index in [4.69, 9.17) is 4.74 Å². The molecule has 25 heavy (non-hydrogen) atoms. The predicted molar refractivity (Wildman–Crippen MR) is 85.0 cm³/mol. The average Bonchev–Trinajstić information content (AvgIpc) is 3.15. The molecule has 132 valence electrons. The molecule has 1 atom stereocenters. The average molecular weight is 349 g/mol. The third-order valence-electron chi connectivity index (χ3n) is 4.00. The molecule has 2 aromatic rings. The van der Waals surface area contributed by atoms with Crippen molar-refractivity contribution in [1.82, 2.24) is 9.78 Å². The lowest BCUT2D eigenvalue weighted by molar-refractivity contribution is -0.117. The zero-order valence-electron chi connectivity index (χ0n) is 13.6. The van der Waals surface area contributed by atoms with Gasteiger partial charge in [0.25, 0.3) is 0 Å². The number of amides is 1. The van der Waals surface area contributed by atoms with Crippen LogP contribution in [0.3, 0.4) is 0 Å². The number of aromatic nitrogens is 2. The number of ether oxygens (including phenoxy) is 1. The highest BCUT2D eigenvalue weighted by molar-refractivity contribution is 5.95. The van der Waals surface area contributed by atoms with Gasteiger partial charge >= 0.3 is 5.97 Å². The molecule has 1 aliphatic heterocycles.